The number of nitrogens with two attached hydrogens (primary N) is 1. The van der Waals surface area contributed by atoms with E-state index in [-0.39, 0.29) is 5.95 Å². The maximum absolute atomic E-state index is 5.78. The third kappa shape index (κ3) is 2.65. The van der Waals surface area contributed by atoms with Crippen LogP contribution in [0.5, 0.6) is 0 Å². The number of nitrogens with one attached hydrogen (secondary N) is 1. The van der Waals surface area contributed by atoms with Crippen molar-refractivity contribution in [1.82, 2.24) is 19.7 Å². The zero-order valence-electron chi connectivity index (χ0n) is 12.2. The van der Waals surface area contributed by atoms with E-state index in [9.17, 15) is 0 Å². The molecule has 0 aliphatic rings. The van der Waals surface area contributed by atoms with E-state index in [4.69, 9.17) is 5.73 Å². The summed E-state index contributed by atoms with van der Waals surface area (Å²) in [5.41, 5.74) is 8.88. The first kappa shape index (κ1) is 13.4. The molecule has 0 saturated carbocycles. The number of nitrogen functional groups attached to an aromatic ring is 1. The van der Waals surface area contributed by atoms with Crippen molar-refractivity contribution in [3.63, 3.8) is 0 Å². The maximum Gasteiger partial charge on any atom is 0.222 e. The average molecular weight is 282 g/mol. The fourth-order valence-electron chi connectivity index (χ4n) is 2.44. The van der Waals surface area contributed by atoms with Gasteiger partial charge in [0.2, 0.25) is 5.95 Å². The van der Waals surface area contributed by atoms with E-state index in [1.807, 2.05) is 42.2 Å². The molecule has 0 aliphatic carbocycles. The molecule has 2 aromatic heterocycles. The Bertz CT molecular complexity index is 777. The van der Waals surface area contributed by atoms with Gasteiger partial charge in [-0.3, -0.25) is 4.68 Å². The number of hydrogen-bond donors (Lipinski definition) is 2. The van der Waals surface area contributed by atoms with Crippen LogP contribution in [-0.2, 0) is 20.0 Å². The summed E-state index contributed by atoms with van der Waals surface area (Å²) in [6.45, 7) is 2.77. The second-order valence-corrected chi connectivity index (χ2v) is 4.93. The lowest BCUT2D eigenvalue weighted by atomic mass is 10.2. The molecule has 6 heteroatoms. The van der Waals surface area contributed by atoms with Crippen molar-refractivity contribution < 1.29 is 0 Å². The first-order valence-corrected chi connectivity index (χ1v) is 6.95. The normalized spacial score (nSPS) is 11.0. The van der Waals surface area contributed by atoms with Gasteiger partial charge in [-0.2, -0.15) is 10.1 Å². The van der Waals surface area contributed by atoms with Gasteiger partial charge in [-0.15, -0.1) is 0 Å². The summed E-state index contributed by atoms with van der Waals surface area (Å²) in [4.78, 5) is 8.55. The van der Waals surface area contributed by atoms with E-state index in [1.165, 1.54) is 5.56 Å². The van der Waals surface area contributed by atoms with Crippen molar-refractivity contribution >= 4 is 22.7 Å². The van der Waals surface area contributed by atoms with Gasteiger partial charge in [0.05, 0.1) is 11.2 Å². The molecular formula is C15H18N6. The summed E-state index contributed by atoms with van der Waals surface area (Å²) in [7, 11) is 1.93. The van der Waals surface area contributed by atoms with E-state index in [0.717, 1.165) is 28.8 Å². The van der Waals surface area contributed by atoms with Crippen molar-refractivity contribution in [2.45, 2.75) is 19.9 Å². The SMILES string of the molecule is CCc1nn(C)cc1CNc1nc(N)nc2ccccc12. The van der Waals surface area contributed by atoms with Crippen molar-refractivity contribution in [2.75, 3.05) is 11.1 Å². The number of aromatic nitrogens is 4. The third-order valence-corrected chi connectivity index (χ3v) is 3.39. The van der Waals surface area contributed by atoms with Gasteiger partial charge >= 0.3 is 0 Å². The van der Waals surface area contributed by atoms with Crippen LogP contribution in [0.4, 0.5) is 11.8 Å². The Morgan fingerprint density at radius 2 is 2.05 bits per heavy atom. The number of benzene rings is 1. The zero-order chi connectivity index (χ0) is 14.8. The quantitative estimate of drug-likeness (QED) is 0.766. The molecule has 0 bridgehead atoms. The molecule has 6 nitrogen and oxygen atoms in total. The molecule has 3 rings (SSSR count). The second kappa shape index (κ2) is 5.40. The van der Waals surface area contributed by atoms with Crippen LogP contribution in [0.1, 0.15) is 18.2 Å². The van der Waals surface area contributed by atoms with Crippen LogP contribution in [0.15, 0.2) is 30.5 Å². The molecule has 3 N–H and O–H groups in total. The third-order valence-electron chi connectivity index (χ3n) is 3.39. The number of anilines is 2. The summed E-state index contributed by atoms with van der Waals surface area (Å²) >= 11 is 0. The highest BCUT2D eigenvalue weighted by atomic mass is 15.3. The van der Waals surface area contributed by atoms with Gasteiger partial charge in [-0.25, -0.2) is 4.98 Å². The topological polar surface area (TPSA) is 81.7 Å². The number of aryl methyl sites for hydroxylation is 2. The summed E-state index contributed by atoms with van der Waals surface area (Å²) in [5.74, 6) is 1.03. The minimum Gasteiger partial charge on any atom is -0.368 e. The van der Waals surface area contributed by atoms with E-state index in [1.54, 1.807) is 0 Å². The van der Waals surface area contributed by atoms with Gasteiger partial charge in [0.25, 0.3) is 0 Å². The molecule has 3 aromatic rings. The molecule has 0 radical (unpaired) electrons. The highest BCUT2D eigenvalue weighted by Crippen LogP contribution is 2.21. The predicted molar refractivity (Wildman–Crippen MR) is 83.9 cm³/mol. The average Bonchev–Trinajstić information content (AvgIpc) is 2.84. The smallest absolute Gasteiger partial charge is 0.222 e. The minimum absolute atomic E-state index is 0.276. The van der Waals surface area contributed by atoms with E-state index >= 15 is 0 Å². The van der Waals surface area contributed by atoms with Gasteiger partial charge in [0.15, 0.2) is 0 Å². The molecule has 0 aliphatic heterocycles. The van der Waals surface area contributed by atoms with Crippen molar-refractivity contribution in [3.05, 3.63) is 41.7 Å². The molecule has 0 fully saturated rings. The van der Waals surface area contributed by atoms with Crippen LogP contribution in [0.3, 0.4) is 0 Å². The molecule has 2 heterocycles. The minimum atomic E-state index is 0.276. The molecule has 0 atom stereocenters. The summed E-state index contributed by atoms with van der Waals surface area (Å²) in [6, 6.07) is 7.82. The monoisotopic (exact) mass is 282 g/mol. The molecule has 0 unspecified atom stereocenters. The second-order valence-electron chi connectivity index (χ2n) is 4.93. The van der Waals surface area contributed by atoms with Crippen LogP contribution in [-0.4, -0.2) is 19.7 Å². The summed E-state index contributed by atoms with van der Waals surface area (Å²) < 4.78 is 1.84. The molecule has 0 amide bonds. The first-order valence-electron chi connectivity index (χ1n) is 6.95. The number of nitrogens with zero attached hydrogens (tertiary/aromatic N) is 4. The van der Waals surface area contributed by atoms with Crippen LogP contribution in [0, 0.1) is 0 Å². The molecule has 108 valence electrons. The Balaban J connectivity index is 1.91. The Kier molecular flexibility index (Phi) is 3.43. The highest BCUT2D eigenvalue weighted by Gasteiger charge is 2.09. The van der Waals surface area contributed by atoms with Crippen LogP contribution in [0.2, 0.25) is 0 Å². The van der Waals surface area contributed by atoms with Gasteiger partial charge in [0, 0.05) is 30.7 Å². The lowest BCUT2D eigenvalue weighted by Crippen LogP contribution is -2.06. The molecule has 21 heavy (non-hydrogen) atoms. The number of hydrogen-bond acceptors (Lipinski definition) is 5. The Morgan fingerprint density at radius 1 is 1.24 bits per heavy atom. The van der Waals surface area contributed by atoms with E-state index < -0.39 is 0 Å². The largest absolute Gasteiger partial charge is 0.368 e. The Morgan fingerprint density at radius 3 is 2.86 bits per heavy atom. The fraction of sp³-hybridized carbons (Fsp3) is 0.267. The molecule has 0 spiro atoms. The predicted octanol–water partition coefficient (Wildman–Crippen LogP) is 2.12. The number of fused-ring (bicyclic) bond motifs is 1. The Hall–Kier alpha value is -2.63. The molecular weight excluding hydrogens is 264 g/mol. The fourth-order valence-corrected chi connectivity index (χ4v) is 2.44. The lowest BCUT2D eigenvalue weighted by molar-refractivity contribution is 0.746. The van der Waals surface area contributed by atoms with Crippen molar-refractivity contribution in [1.29, 1.82) is 0 Å². The number of rotatable bonds is 4. The van der Waals surface area contributed by atoms with Gasteiger partial charge in [-0.1, -0.05) is 19.1 Å². The van der Waals surface area contributed by atoms with Crippen LogP contribution >= 0.6 is 0 Å². The summed E-state index contributed by atoms with van der Waals surface area (Å²) in [6.07, 6.45) is 2.93. The van der Waals surface area contributed by atoms with Gasteiger partial charge < -0.3 is 11.1 Å². The Labute approximate surface area is 123 Å². The van der Waals surface area contributed by atoms with Crippen molar-refractivity contribution in [3.8, 4) is 0 Å². The van der Waals surface area contributed by atoms with E-state index in [2.05, 4.69) is 27.3 Å². The number of para-hydroxylation sites is 1. The lowest BCUT2D eigenvalue weighted by Gasteiger charge is -2.09. The van der Waals surface area contributed by atoms with E-state index in [0.29, 0.717) is 6.54 Å². The molecule has 0 saturated heterocycles. The zero-order valence-corrected chi connectivity index (χ0v) is 12.2. The summed E-state index contributed by atoms with van der Waals surface area (Å²) in [5, 5.41) is 8.76. The maximum atomic E-state index is 5.78. The first-order chi connectivity index (χ1) is 10.2. The van der Waals surface area contributed by atoms with Crippen LogP contribution in [0.25, 0.3) is 10.9 Å². The van der Waals surface area contributed by atoms with Gasteiger partial charge in [0.1, 0.15) is 5.82 Å². The van der Waals surface area contributed by atoms with Gasteiger partial charge in [-0.05, 0) is 18.6 Å². The van der Waals surface area contributed by atoms with Crippen molar-refractivity contribution in [2.24, 2.45) is 7.05 Å². The molecule has 1 aromatic carbocycles. The van der Waals surface area contributed by atoms with Crippen LogP contribution < -0.4 is 11.1 Å². The standard InChI is InChI=1S/C15H18N6/c1-3-12-10(9-21(2)20-12)8-17-14-11-6-4-5-7-13(11)18-15(16)19-14/h4-7,9H,3,8H2,1-2H3,(H3,16,17,18,19). The highest BCUT2D eigenvalue weighted by molar-refractivity contribution is 5.89.